The molecule has 0 aliphatic carbocycles. The second-order valence-electron chi connectivity index (χ2n) is 8.54. The molecule has 0 aromatic carbocycles. The Labute approximate surface area is 193 Å². The molecule has 1 saturated heterocycles. The van der Waals surface area contributed by atoms with Crippen molar-refractivity contribution in [2.24, 2.45) is 22.4 Å². The van der Waals surface area contributed by atoms with Gasteiger partial charge in [0, 0.05) is 19.5 Å². The number of nitrogens with two attached hydrogens (primary N) is 2. The Balaban J connectivity index is 2.78. The highest BCUT2D eigenvalue weighted by Gasteiger charge is 2.38. The third-order valence-corrected chi connectivity index (χ3v) is 5.26. The molecule has 0 saturated carbocycles. The second kappa shape index (κ2) is 14.1. The average molecular weight is 469 g/mol. The molecule has 186 valence electrons. The van der Waals surface area contributed by atoms with Gasteiger partial charge in [0.2, 0.25) is 17.7 Å². The Kier molecular flexibility index (Phi) is 11.9. The van der Waals surface area contributed by atoms with Crippen molar-refractivity contribution in [1.29, 1.82) is 0 Å². The van der Waals surface area contributed by atoms with E-state index in [4.69, 9.17) is 11.5 Å². The standard InChI is InChI=1S/C21H36N6O6/c1-13(2)7-8-17(29)26-15(11-18(30)31)20(33)27-10-4-6-16(27)19(32)25-14(12-28)5-3-9-24-21(22)23/h12-16H,3-11H2,1-2H3,(H,25,32)(H,26,29)(H,30,31)(H4,22,23,24). The normalized spacial score (nSPS) is 17.2. The van der Waals surface area contributed by atoms with Gasteiger partial charge in [-0.15, -0.1) is 0 Å². The summed E-state index contributed by atoms with van der Waals surface area (Å²) < 4.78 is 0. The van der Waals surface area contributed by atoms with Crippen LogP contribution < -0.4 is 22.1 Å². The molecule has 0 aromatic heterocycles. The van der Waals surface area contributed by atoms with E-state index in [2.05, 4.69) is 15.6 Å². The monoisotopic (exact) mass is 468 g/mol. The van der Waals surface area contributed by atoms with E-state index in [1.807, 2.05) is 13.8 Å². The number of hydrogen-bond acceptors (Lipinski definition) is 6. The van der Waals surface area contributed by atoms with Gasteiger partial charge in [-0.25, -0.2) is 0 Å². The number of amides is 3. The van der Waals surface area contributed by atoms with Gasteiger partial charge in [-0.05, 0) is 38.0 Å². The molecule has 3 atom stereocenters. The third kappa shape index (κ3) is 10.3. The molecule has 7 N–H and O–H groups in total. The fourth-order valence-electron chi connectivity index (χ4n) is 3.54. The summed E-state index contributed by atoms with van der Waals surface area (Å²) in [6.07, 6.45) is 2.50. The van der Waals surface area contributed by atoms with Crippen molar-refractivity contribution >= 4 is 35.9 Å². The zero-order valence-corrected chi connectivity index (χ0v) is 19.3. The highest BCUT2D eigenvalue weighted by molar-refractivity contribution is 5.95. The van der Waals surface area contributed by atoms with Crippen LogP contribution in [0, 0.1) is 5.92 Å². The van der Waals surface area contributed by atoms with Gasteiger partial charge in [0.25, 0.3) is 0 Å². The third-order valence-electron chi connectivity index (χ3n) is 5.26. The molecule has 0 bridgehead atoms. The zero-order chi connectivity index (χ0) is 25.0. The number of hydrogen-bond donors (Lipinski definition) is 5. The van der Waals surface area contributed by atoms with Gasteiger partial charge in [-0.3, -0.25) is 24.2 Å². The SMILES string of the molecule is CC(C)CCC(=O)NC(CC(=O)O)C(=O)N1CCCC1C(=O)NC(C=O)CCCN=C(N)N. The molecule has 1 rings (SSSR count). The first-order valence-electron chi connectivity index (χ1n) is 11.2. The maximum Gasteiger partial charge on any atom is 0.305 e. The fraction of sp³-hybridized carbons (Fsp3) is 0.714. The van der Waals surface area contributed by atoms with Crippen molar-refractivity contribution in [1.82, 2.24) is 15.5 Å². The summed E-state index contributed by atoms with van der Waals surface area (Å²) in [5.41, 5.74) is 10.5. The fourth-order valence-corrected chi connectivity index (χ4v) is 3.54. The Hall–Kier alpha value is -3.18. The number of carboxylic acids is 1. The lowest BCUT2D eigenvalue weighted by Gasteiger charge is -2.29. The van der Waals surface area contributed by atoms with E-state index in [9.17, 15) is 29.1 Å². The van der Waals surface area contributed by atoms with Gasteiger partial charge in [0.05, 0.1) is 12.5 Å². The molecule has 12 nitrogen and oxygen atoms in total. The molecule has 0 radical (unpaired) electrons. The highest BCUT2D eigenvalue weighted by Crippen LogP contribution is 2.20. The van der Waals surface area contributed by atoms with Crippen molar-refractivity contribution in [3.63, 3.8) is 0 Å². The van der Waals surface area contributed by atoms with Crippen LogP contribution in [0.2, 0.25) is 0 Å². The molecular weight excluding hydrogens is 432 g/mol. The van der Waals surface area contributed by atoms with E-state index >= 15 is 0 Å². The number of rotatable bonds is 14. The van der Waals surface area contributed by atoms with E-state index in [-0.39, 0.29) is 24.8 Å². The molecule has 1 aliphatic rings. The van der Waals surface area contributed by atoms with Gasteiger partial charge in [0.15, 0.2) is 5.96 Å². The minimum Gasteiger partial charge on any atom is -0.481 e. The van der Waals surface area contributed by atoms with Crippen LogP contribution >= 0.6 is 0 Å². The number of nitrogens with one attached hydrogen (secondary N) is 2. The first-order valence-corrected chi connectivity index (χ1v) is 11.2. The lowest BCUT2D eigenvalue weighted by molar-refractivity contribution is -0.146. The lowest BCUT2D eigenvalue weighted by Crippen LogP contribution is -2.55. The van der Waals surface area contributed by atoms with Crippen LogP contribution in [0.3, 0.4) is 0 Å². The molecule has 0 aromatic rings. The molecule has 1 aliphatic heterocycles. The molecule has 33 heavy (non-hydrogen) atoms. The topological polar surface area (TPSA) is 197 Å². The molecule has 3 unspecified atom stereocenters. The molecule has 12 heteroatoms. The summed E-state index contributed by atoms with van der Waals surface area (Å²) in [7, 11) is 0. The predicted octanol–water partition coefficient (Wildman–Crippen LogP) is -0.890. The Morgan fingerprint density at radius 2 is 1.88 bits per heavy atom. The summed E-state index contributed by atoms with van der Waals surface area (Å²) >= 11 is 0. The molecule has 3 amide bonds. The summed E-state index contributed by atoms with van der Waals surface area (Å²) in [6.45, 7) is 4.47. The van der Waals surface area contributed by atoms with Crippen molar-refractivity contribution < 1.29 is 29.1 Å². The van der Waals surface area contributed by atoms with Crippen molar-refractivity contribution in [3.05, 3.63) is 0 Å². The van der Waals surface area contributed by atoms with E-state index in [0.717, 1.165) is 0 Å². The van der Waals surface area contributed by atoms with Crippen molar-refractivity contribution in [3.8, 4) is 0 Å². The summed E-state index contributed by atoms with van der Waals surface area (Å²) in [6, 6.07) is -2.88. The number of nitrogens with zero attached hydrogens (tertiary/aromatic N) is 2. The van der Waals surface area contributed by atoms with E-state index in [1.54, 1.807) is 0 Å². The Bertz CT molecular complexity index is 737. The first kappa shape index (κ1) is 27.9. The smallest absolute Gasteiger partial charge is 0.305 e. The van der Waals surface area contributed by atoms with Crippen LogP contribution in [0.4, 0.5) is 0 Å². The zero-order valence-electron chi connectivity index (χ0n) is 19.3. The number of guanidine groups is 1. The average Bonchev–Trinajstić information content (AvgIpc) is 3.22. The van der Waals surface area contributed by atoms with Gasteiger partial charge in [0.1, 0.15) is 18.4 Å². The van der Waals surface area contributed by atoms with E-state index in [0.29, 0.717) is 44.9 Å². The number of likely N-dealkylation sites (tertiary alicyclic amines) is 1. The number of carbonyl (C=O) groups is 5. The van der Waals surface area contributed by atoms with Gasteiger partial charge in [-0.1, -0.05) is 13.8 Å². The van der Waals surface area contributed by atoms with Gasteiger partial charge >= 0.3 is 5.97 Å². The Morgan fingerprint density at radius 1 is 1.18 bits per heavy atom. The number of aldehydes is 1. The molecule has 1 heterocycles. The number of aliphatic carboxylic acids is 1. The molecule has 0 spiro atoms. The minimum absolute atomic E-state index is 0.0611. The van der Waals surface area contributed by atoms with Crippen LogP contribution in [0.25, 0.3) is 0 Å². The largest absolute Gasteiger partial charge is 0.481 e. The first-order chi connectivity index (χ1) is 15.5. The van der Waals surface area contributed by atoms with E-state index < -0.39 is 48.2 Å². The van der Waals surface area contributed by atoms with Crippen molar-refractivity contribution in [2.45, 2.75) is 76.9 Å². The van der Waals surface area contributed by atoms with Gasteiger partial charge in [-0.2, -0.15) is 0 Å². The second-order valence-corrected chi connectivity index (χ2v) is 8.54. The Morgan fingerprint density at radius 3 is 2.45 bits per heavy atom. The van der Waals surface area contributed by atoms with Gasteiger partial charge < -0.3 is 36.9 Å². The molecular formula is C21H36N6O6. The summed E-state index contributed by atoms with van der Waals surface area (Å²) in [4.78, 5) is 65.8. The van der Waals surface area contributed by atoms with Crippen LogP contribution in [0.5, 0.6) is 0 Å². The maximum absolute atomic E-state index is 13.1. The molecule has 1 fully saturated rings. The van der Waals surface area contributed by atoms with E-state index in [1.165, 1.54) is 4.90 Å². The predicted molar refractivity (Wildman–Crippen MR) is 121 cm³/mol. The van der Waals surface area contributed by atoms with Crippen LogP contribution in [0.15, 0.2) is 4.99 Å². The maximum atomic E-state index is 13.1. The number of aliphatic imine (C=N–C) groups is 1. The van der Waals surface area contributed by atoms with Crippen molar-refractivity contribution in [2.75, 3.05) is 13.1 Å². The number of carbonyl (C=O) groups excluding carboxylic acids is 4. The quantitative estimate of drug-likeness (QED) is 0.0936. The van der Waals surface area contributed by atoms with Crippen LogP contribution in [0.1, 0.15) is 58.8 Å². The highest BCUT2D eigenvalue weighted by atomic mass is 16.4. The summed E-state index contributed by atoms with van der Waals surface area (Å²) in [5.74, 6) is -2.55. The minimum atomic E-state index is -1.27. The van der Waals surface area contributed by atoms with Crippen LogP contribution in [-0.2, 0) is 24.0 Å². The lowest BCUT2D eigenvalue weighted by atomic mass is 10.1. The van der Waals surface area contributed by atoms with Crippen LogP contribution in [-0.4, -0.2) is 77.2 Å². The number of carboxylic acid groups (broad SMARTS) is 1. The summed E-state index contributed by atoms with van der Waals surface area (Å²) in [5, 5.41) is 14.3.